The van der Waals surface area contributed by atoms with Crippen molar-refractivity contribution >= 4 is 5.91 Å². The number of nitrogens with one attached hydrogen (secondary N) is 1. The Morgan fingerprint density at radius 1 is 0.731 bits per heavy atom. The van der Waals surface area contributed by atoms with Gasteiger partial charge in [-0.2, -0.15) is 0 Å². The van der Waals surface area contributed by atoms with Gasteiger partial charge in [0.15, 0.2) is 0 Å². The zero-order chi connectivity index (χ0) is 18.7. The van der Waals surface area contributed by atoms with E-state index in [2.05, 4.69) is 55.6 Å². The molecule has 2 nitrogen and oxygen atoms in total. The molecule has 0 fully saturated rings. The maximum atomic E-state index is 13.1. The molecule has 0 saturated carbocycles. The largest absolute Gasteiger partial charge is 0.341 e. The quantitative estimate of drug-likeness (QED) is 0.671. The first-order valence-electron chi connectivity index (χ1n) is 8.96. The first-order valence-corrected chi connectivity index (χ1v) is 8.96. The van der Waals surface area contributed by atoms with E-state index in [-0.39, 0.29) is 11.9 Å². The molecule has 1 amide bonds. The molecule has 3 aromatic rings. The van der Waals surface area contributed by atoms with Crippen molar-refractivity contribution in [3.63, 3.8) is 0 Å². The van der Waals surface area contributed by atoms with Gasteiger partial charge in [0, 0.05) is 5.56 Å². The zero-order valence-corrected chi connectivity index (χ0v) is 15.8. The van der Waals surface area contributed by atoms with Gasteiger partial charge in [0.1, 0.15) is 0 Å². The van der Waals surface area contributed by atoms with Crippen molar-refractivity contribution in [2.24, 2.45) is 0 Å². The Kier molecular flexibility index (Phi) is 5.22. The van der Waals surface area contributed by atoms with Crippen LogP contribution in [0.25, 0.3) is 0 Å². The minimum atomic E-state index is -0.176. The summed E-state index contributed by atoms with van der Waals surface area (Å²) in [5.41, 5.74) is 7.42. The lowest BCUT2D eigenvalue weighted by molar-refractivity contribution is 0.0942. The van der Waals surface area contributed by atoms with Crippen LogP contribution in [0.15, 0.2) is 66.7 Å². The fourth-order valence-electron chi connectivity index (χ4n) is 3.27. The van der Waals surface area contributed by atoms with Crippen LogP contribution in [0.1, 0.15) is 49.8 Å². The second-order valence-corrected chi connectivity index (χ2v) is 6.98. The average Bonchev–Trinajstić information content (AvgIpc) is 2.63. The van der Waals surface area contributed by atoms with Gasteiger partial charge in [-0.3, -0.25) is 4.79 Å². The highest BCUT2D eigenvalue weighted by atomic mass is 16.1. The molecular formula is C24H25NO. The predicted molar refractivity (Wildman–Crippen MR) is 108 cm³/mol. The van der Waals surface area contributed by atoms with E-state index in [9.17, 15) is 4.79 Å². The topological polar surface area (TPSA) is 29.1 Å². The van der Waals surface area contributed by atoms with Gasteiger partial charge in [-0.05, 0) is 61.6 Å². The Labute approximate surface area is 155 Å². The summed E-state index contributed by atoms with van der Waals surface area (Å²) in [6.45, 7) is 8.18. The number of hydrogen-bond acceptors (Lipinski definition) is 1. The van der Waals surface area contributed by atoms with Crippen LogP contribution in [0.3, 0.4) is 0 Å². The Bertz CT molecular complexity index is 928. The van der Waals surface area contributed by atoms with Crippen LogP contribution in [0, 0.1) is 27.7 Å². The van der Waals surface area contributed by atoms with Crippen molar-refractivity contribution in [1.29, 1.82) is 0 Å². The SMILES string of the molecule is Cc1cccc([C@H](NC(=O)c2cc(C)c(C)cc2C)c2ccccc2)c1. The summed E-state index contributed by atoms with van der Waals surface area (Å²) < 4.78 is 0. The van der Waals surface area contributed by atoms with Crippen molar-refractivity contribution < 1.29 is 4.79 Å². The fraction of sp³-hybridized carbons (Fsp3) is 0.208. The summed E-state index contributed by atoms with van der Waals surface area (Å²) in [4.78, 5) is 13.1. The van der Waals surface area contributed by atoms with Crippen LogP contribution in [0.5, 0.6) is 0 Å². The van der Waals surface area contributed by atoms with Crippen LogP contribution >= 0.6 is 0 Å². The van der Waals surface area contributed by atoms with Gasteiger partial charge in [0.25, 0.3) is 5.91 Å². The van der Waals surface area contributed by atoms with Crippen LogP contribution in [0.4, 0.5) is 0 Å². The maximum absolute atomic E-state index is 13.1. The highest BCUT2D eigenvalue weighted by Crippen LogP contribution is 2.24. The first-order chi connectivity index (χ1) is 12.5. The molecule has 0 aliphatic carbocycles. The lowest BCUT2D eigenvalue weighted by Gasteiger charge is -2.21. The molecule has 3 rings (SSSR count). The van der Waals surface area contributed by atoms with E-state index in [0.29, 0.717) is 0 Å². The third kappa shape index (κ3) is 3.85. The molecule has 0 unspecified atom stereocenters. The molecule has 2 heteroatoms. The maximum Gasteiger partial charge on any atom is 0.252 e. The molecule has 0 saturated heterocycles. The summed E-state index contributed by atoms with van der Waals surface area (Å²) in [5.74, 6) is -0.0408. The third-order valence-electron chi connectivity index (χ3n) is 4.87. The summed E-state index contributed by atoms with van der Waals surface area (Å²) in [6, 6.07) is 22.3. The molecule has 1 atom stereocenters. The molecule has 0 bridgehead atoms. The number of aryl methyl sites for hydroxylation is 4. The lowest BCUT2D eigenvalue weighted by atomic mass is 9.95. The van der Waals surface area contributed by atoms with Crippen LogP contribution in [-0.4, -0.2) is 5.91 Å². The molecule has 0 aliphatic heterocycles. The standard InChI is InChI=1S/C24H25NO/c1-16-9-8-12-21(13-16)23(20-10-6-5-7-11-20)25-24(26)22-15-18(3)17(2)14-19(22)4/h5-15,23H,1-4H3,(H,25,26)/t23-/m1/s1. The number of benzene rings is 3. The minimum absolute atomic E-state index is 0.0408. The number of carbonyl (C=O) groups is 1. The third-order valence-corrected chi connectivity index (χ3v) is 4.87. The van der Waals surface area contributed by atoms with Crippen molar-refractivity contribution in [3.05, 3.63) is 106 Å². The molecule has 3 aromatic carbocycles. The Morgan fingerprint density at radius 2 is 1.38 bits per heavy atom. The molecule has 0 spiro atoms. The molecule has 132 valence electrons. The van der Waals surface area contributed by atoms with Gasteiger partial charge < -0.3 is 5.32 Å². The summed E-state index contributed by atoms with van der Waals surface area (Å²) >= 11 is 0. The second-order valence-electron chi connectivity index (χ2n) is 6.98. The van der Waals surface area contributed by atoms with Crippen LogP contribution < -0.4 is 5.32 Å². The van der Waals surface area contributed by atoms with Crippen molar-refractivity contribution in [1.82, 2.24) is 5.32 Å². The first kappa shape index (κ1) is 17.9. The monoisotopic (exact) mass is 343 g/mol. The van der Waals surface area contributed by atoms with E-state index in [1.165, 1.54) is 11.1 Å². The Morgan fingerprint density at radius 3 is 2.08 bits per heavy atom. The fourth-order valence-corrected chi connectivity index (χ4v) is 3.27. The molecule has 0 heterocycles. The number of amides is 1. The Hall–Kier alpha value is -2.87. The average molecular weight is 343 g/mol. The van der Waals surface area contributed by atoms with Gasteiger partial charge in [-0.15, -0.1) is 0 Å². The van der Waals surface area contributed by atoms with Gasteiger partial charge >= 0.3 is 0 Å². The molecule has 0 aromatic heterocycles. The highest BCUT2D eigenvalue weighted by Gasteiger charge is 2.19. The lowest BCUT2D eigenvalue weighted by Crippen LogP contribution is -2.30. The molecular weight excluding hydrogens is 318 g/mol. The van der Waals surface area contributed by atoms with Crippen molar-refractivity contribution in [2.75, 3.05) is 0 Å². The van der Waals surface area contributed by atoms with E-state index in [4.69, 9.17) is 0 Å². The number of hydrogen-bond donors (Lipinski definition) is 1. The number of rotatable bonds is 4. The Balaban J connectivity index is 1.99. The van der Waals surface area contributed by atoms with Crippen molar-refractivity contribution in [3.8, 4) is 0 Å². The minimum Gasteiger partial charge on any atom is -0.341 e. The van der Waals surface area contributed by atoms with Gasteiger partial charge in [-0.25, -0.2) is 0 Å². The highest BCUT2D eigenvalue weighted by molar-refractivity contribution is 5.96. The smallest absolute Gasteiger partial charge is 0.252 e. The van der Waals surface area contributed by atoms with Gasteiger partial charge in [-0.1, -0.05) is 66.2 Å². The van der Waals surface area contributed by atoms with E-state index in [0.717, 1.165) is 27.8 Å². The van der Waals surface area contributed by atoms with Crippen molar-refractivity contribution in [2.45, 2.75) is 33.7 Å². The predicted octanol–water partition coefficient (Wildman–Crippen LogP) is 5.44. The molecule has 0 aliphatic rings. The van der Waals surface area contributed by atoms with Crippen LogP contribution in [0.2, 0.25) is 0 Å². The molecule has 26 heavy (non-hydrogen) atoms. The summed E-state index contributed by atoms with van der Waals surface area (Å²) in [7, 11) is 0. The number of carbonyl (C=O) groups excluding carboxylic acids is 1. The van der Waals surface area contributed by atoms with E-state index < -0.39 is 0 Å². The summed E-state index contributed by atoms with van der Waals surface area (Å²) in [5, 5.41) is 3.24. The van der Waals surface area contributed by atoms with Gasteiger partial charge in [0.05, 0.1) is 6.04 Å². The second kappa shape index (κ2) is 7.57. The zero-order valence-electron chi connectivity index (χ0n) is 15.8. The molecule has 1 N–H and O–H groups in total. The normalized spacial score (nSPS) is 11.8. The summed E-state index contributed by atoms with van der Waals surface area (Å²) in [6.07, 6.45) is 0. The van der Waals surface area contributed by atoms with E-state index in [1.807, 2.05) is 44.2 Å². The van der Waals surface area contributed by atoms with E-state index >= 15 is 0 Å². The van der Waals surface area contributed by atoms with E-state index in [1.54, 1.807) is 0 Å². The molecule has 0 radical (unpaired) electrons. The van der Waals surface area contributed by atoms with Crippen LogP contribution in [-0.2, 0) is 0 Å². The van der Waals surface area contributed by atoms with Gasteiger partial charge in [0.2, 0.25) is 0 Å².